The number of carboxylic acids is 1. The van der Waals surface area contributed by atoms with Crippen molar-refractivity contribution in [3.05, 3.63) is 11.6 Å². The monoisotopic (exact) mass is 226 g/mol. The molecule has 0 saturated carbocycles. The van der Waals surface area contributed by atoms with Gasteiger partial charge in [-0.1, -0.05) is 19.8 Å². The van der Waals surface area contributed by atoms with Crippen LogP contribution in [0, 0.1) is 0 Å². The Morgan fingerprint density at radius 3 is 3.12 bits per heavy atom. The maximum atomic E-state index is 10.9. The van der Waals surface area contributed by atoms with Gasteiger partial charge in [-0.2, -0.15) is 0 Å². The van der Waals surface area contributed by atoms with Crippen LogP contribution >= 0.6 is 0 Å². The number of rotatable bonds is 6. The van der Waals surface area contributed by atoms with Crippen LogP contribution in [0.15, 0.2) is 11.6 Å². The Bertz CT molecular complexity index is 297. The third-order valence-electron chi connectivity index (χ3n) is 3.06. The first-order chi connectivity index (χ1) is 7.72. The van der Waals surface area contributed by atoms with Gasteiger partial charge in [-0.25, -0.2) is 4.79 Å². The number of hydrogen-bond donors (Lipinski definition) is 1. The lowest BCUT2D eigenvalue weighted by Crippen LogP contribution is -2.25. The van der Waals surface area contributed by atoms with Crippen LogP contribution in [0.5, 0.6) is 0 Å². The van der Waals surface area contributed by atoms with Gasteiger partial charge in [0.1, 0.15) is 12.2 Å². The fourth-order valence-electron chi connectivity index (χ4n) is 2.06. The second-order valence-corrected chi connectivity index (χ2v) is 4.38. The number of carboxylic acid groups (broad SMARTS) is 1. The van der Waals surface area contributed by atoms with Crippen molar-refractivity contribution in [2.75, 3.05) is 6.61 Å². The topological polar surface area (TPSA) is 59.1 Å². The fourth-order valence-corrected chi connectivity index (χ4v) is 2.06. The summed E-state index contributed by atoms with van der Waals surface area (Å²) in [4.78, 5) is 10.9. The Hall–Kier alpha value is -0.870. The van der Waals surface area contributed by atoms with E-state index in [9.17, 15) is 4.79 Å². The van der Waals surface area contributed by atoms with Crippen molar-refractivity contribution in [1.29, 1.82) is 0 Å². The summed E-state index contributed by atoms with van der Waals surface area (Å²) in [6.45, 7) is 2.83. The predicted molar refractivity (Wildman–Crippen MR) is 58.3 cm³/mol. The molecular formula is C12H18O4. The molecule has 0 aromatic heterocycles. The number of unbranched alkanes of at least 4 members (excludes halogenated alkanes) is 2. The van der Waals surface area contributed by atoms with Crippen molar-refractivity contribution in [2.45, 2.75) is 50.9 Å². The molecule has 4 nitrogen and oxygen atoms in total. The molecule has 1 aliphatic carbocycles. The molecule has 16 heavy (non-hydrogen) atoms. The van der Waals surface area contributed by atoms with E-state index in [1.165, 1.54) is 0 Å². The first-order valence-corrected chi connectivity index (χ1v) is 5.93. The van der Waals surface area contributed by atoms with Crippen molar-refractivity contribution in [3.8, 4) is 0 Å². The first-order valence-electron chi connectivity index (χ1n) is 5.93. The summed E-state index contributed by atoms with van der Waals surface area (Å²) in [7, 11) is 0. The summed E-state index contributed by atoms with van der Waals surface area (Å²) < 4.78 is 11.0. The summed E-state index contributed by atoms with van der Waals surface area (Å²) in [5.41, 5.74) is 0.430. The number of aliphatic carboxylic acids is 1. The van der Waals surface area contributed by atoms with Crippen LogP contribution in [-0.4, -0.2) is 36.0 Å². The third-order valence-corrected chi connectivity index (χ3v) is 3.06. The number of ether oxygens (including phenoxy) is 2. The quantitative estimate of drug-likeness (QED) is 0.553. The maximum absolute atomic E-state index is 10.9. The Labute approximate surface area is 95.2 Å². The molecule has 4 heteroatoms. The summed E-state index contributed by atoms with van der Waals surface area (Å²) in [6.07, 6.45) is 5.60. The molecule has 1 saturated heterocycles. The zero-order chi connectivity index (χ0) is 11.5. The largest absolute Gasteiger partial charge is 0.478 e. The van der Waals surface area contributed by atoms with Gasteiger partial charge in [0.15, 0.2) is 0 Å². The molecular weight excluding hydrogens is 208 g/mol. The zero-order valence-electron chi connectivity index (χ0n) is 9.52. The molecule has 0 aromatic rings. The van der Waals surface area contributed by atoms with Gasteiger partial charge in [0.05, 0.1) is 6.10 Å². The summed E-state index contributed by atoms with van der Waals surface area (Å²) in [5, 5.41) is 8.92. The third kappa shape index (κ3) is 2.62. The molecule has 3 unspecified atom stereocenters. The molecule has 3 atom stereocenters. The van der Waals surface area contributed by atoms with E-state index >= 15 is 0 Å². The van der Waals surface area contributed by atoms with E-state index in [-0.39, 0.29) is 18.3 Å². The van der Waals surface area contributed by atoms with Gasteiger partial charge >= 0.3 is 5.97 Å². The van der Waals surface area contributed by atoms with Crippen molar-refractivity contribution in [3.63, 3.8) is 0 Å². The van der Waals surface area contributed by atoms with E-state index in [1.54, 1.807) is 6.08 Å². The van der Waals surface area contributed by atoms with Crippen molar-refractivity contribution in [2.24, 2.45) is 0 Å². The van der Waals surface area contributed by atoms with E-state index in [0.717, 1.165) is 19.3 Å². The number of hydrogen-bond acceptors (Lipinski definition) is 3. The summed E-state index contributed by atoms with van der Waals surface area (Å²) in [6, 6.07) is 0. The minimum atomic E-state index is -0.851. The van der Waals surface area contributed by atoms with Crippen LogP contribution in [0.4, 0.5) is 0 Å². The highest BCUT2D eigenvalue weighted by molar-refractivity contribution is 5.87. The van der Waals surface area contributed by atoms with E-state index in [2.05, 4.69) is 6.92 Å². The number of fused-ring (bicyclic) bond motifs is 1. The van der Waals surface area contributed by atoms with Gasteiger partial charge in [-0.3, -0.25) is 0 Å². The van der Waals surface area contributed by atoms with Gasteiger partial charge in [0.2, 0.25) is 0 Å². The van der Waals surface area contributed by atoms with Crippen LogP contribution in [0.3, 0.4) is 0 Å². The first kappa shape index (κ1) is 11.6. The van der Waals surface area contributed by atoms with E-state index in [0.29, 0.717) is 18.6 Å². The molecule has 2 aliphatic rings. The van der Waals surface area contributed by atoms with Gasteiger partial charge in [-0.15, -0.1) is 0 Å². The molecule has 2 rings (SSSR count). The Balaban J connectivity index is 1.83. The normalized spacial score (nSPS) is 31.8. The highest BCUT2D eigenvalue weighted by Crippen LogP contribution is 2.37. The van der Waals surface area contributed by atoms with Gasteiger partial charge < -0.3 is 14.6 Å². The number of epoxide rings is 1. The molecule has 0 radical (unpaired) electrons. The molecule has 0 aromatic carbocycles. The molecule has 1 N–H and O–H groups in total. The average Bonchev–Trinajstić information content (AvgIpc) is 3.02. The van der Waals surface area contributed by atoms with E-state index in [4.69, 9.17) is 14.6 Å². The Kier molecular flexibility index (Phi) is 3.61. The zero-order valence-corrected chi connectivity index (χ0v) is 9.52. The van der Waals surface area contributed by atoms with Crippen molar-refractivity contribution in [1.82, 2.24) is 0 Å². The highest BCUT2D eigenvalue weighted by Gasteiger charge is 2.48. The van der Waals surface area contributed by atoms with Crippen LogP contribution in [0.1, 0.15) is 32.6 Å². The van der Waals surface area contributed by atoms with Crippen LogP contribution in [0.25, 0.3) is 0 Å². The molecule has 1 aliphatic heterocycles. The van der Waals surface area contributed by atoms with Crippen molar-refractivity contribution < 1.29 is 19.4 Å². The average molecular weight is 226 g/mol. The Morgan fingerprint density at radius 2 is 2.44 bits per heavy atom. The SMILES string of the molecule is CCCCCOC1C=C(C(=O)O)CC2OC12. The van der Waals surface area contributed by atoms with Crippen LogP contribution in [-0.2, 0) is 14.3 Å². The second kappa shape index (κ2) is 4.97. The van der Waals surface area contributed by atoms with E-state index in [1.807, 2.05) is 0 Å². The Morgan fingerprint density at radius 1 is 1.62 bits per heavy atom. The smallest absolute Gasteiger partial charge is 0.331 e. The van der Waals surface area contributed by atoms with Gasteiger partial charge in [-0.05, 0) is 12.5 Å². The van der Waals surface area contributed by atoms with E-state index < -0.39 is 5.97 Å². The molecule has 0 spiro atoms. The predicted octanol–water partition coefficient (Wildman–Crippen LogP) is 1.74. The van der Waals surface area contributed by atoms with Gasteiger partial charge in [0, 0.05) is 18.6 Å². The summed E-state index contributed by atoms with van der Waals surface area (Å²) in [5.74, 6) is -0.851. The molecule has 0 bridgehead atoms. The lowest BCUT2D eigenvalue weighted by molar-refractivity contribution is -0.133. The molecule has 1 heterocycles. The minimum absolute atomic E-state index is 0.0762. The fraction of sp³-hybridized carbons (Fsp3) is 0.750. The summed E-state index contributed by atoms with van der Waals surface area (Å²) >= 11 is 0. The van der Waals surface area contributed by atoms with Crippen molar-refractivity contribution >= 4 is 5.97 Å². The number of carbonyl (C=O) groups is 1. The molecule has 1 fully saturated rings. The highest BCUT2D eigenvalue weighted by atomic mass is 16.6. The molecule has 90 valence electrons. The lowest BCUT2D eigenvalue weighted by Gasteiger charge is -2.16. The second-order valence-electron chi connectivity index (χ2n) is 4.38. The van der Waals surface area contributed by atoms with Crippen LogP contribution < -0.4 is 0 Å². The maximum Gasteiger partial charge on any atom is 0.331 e. The standard InChI is InChI=1S/C12H18O4/c1-2-3-4-5-15-9-6-8(12(13)14)7-10-11(9)16-10/h6,9-11H,2-5,7H2,1H3,(H,13,14). The van der Waals surface area contributed by atoms with Gasteiger partial charge in [0.25, 0.3) is 0 Å². The molecule has 0 amide bonds. The lowest BCUT2D eigenvalue weighted by atomic mass is 9.97. The van der Waals surface area contributed by atoms with Crippen LogP contribution in [0.2, 0.25) is 0 Å². The minimum Gasteiger partial charge on any atom is -0.478 e.